The maximum atomic E-state index is 11.2. The molecule has 0 aliphatic rings. The highest BCUT2D eigenvalue weighted by Crippen LogP contribution is 2.29. The van der Waals surface area contributed by atoms with E-state index in [-0.39, 0.29) is 24.0 Å². The van der Waals surface area contributed by atoms with Gasteiger partial charge in [0.05, 0.1) is 17.2 Å². The molecule has 21 heavy (non-hydrogen) atoms. The summed E-state index contributed by atoms with van der Waals surface area (Å²) in [7, 11) is 3.24. The average Bonchev–Trinajstić information content (AvgIpc) is 2.91. The van der Waals surface area contributed by atoms with Crippen LogP contribution >= 0.6 is 0 Å². The molecule has 0 bridgehead atoms. The van der Waals surface area contributed by atoms with E-state index >= 15 is 0 Å². The highest BCUT2D eigenvalue weighted by molar-refractivity contribution is 5.77. The number of nitro groups is 1. The van der Waals surface area contributed by atoms with E-state index in [1.807, 2.05) is 0 Å². The molecule has 0 unspecified atom stereocenters. The second-order valence-corrected chi connectivity index (χ2v) is 4.34. The van der Waals surface area contributed by atoms with Gasteiger partial charge in [-0.15, -0.1) is 0 Å². The molecule has 1 N–H and O–H groups in total. The largest absolute Gasteiger partial charge is 0.483 e. The molecule has 0 aliphatic heterocycles. The molecule has 2 rings (SSSR count). The first-order valence-electron chi connectivity index (χ1n) is 6.11. The van der Waals surface area contributed by atoms with E-state index in [2.05, 4.69) is 10.4 Å². The number of nitrogens with one attached hydrogen (secondary N) is 1. The fourth-order valence-electron chi connectivity index (χ4n) is 1.73. The van der Waals surface area contributed by atoms with Gasteiger partial charge < -0.3 is 10.1 Å². The van der Waals surface area contributed by atoms with Crippen molar-refractivity contribution in [1.29, 1.82) is 0 Å². The van der Waals surface area contributed by atoms with Crippen LogP contribution in [0, 0.1) is 10.1 Å². The molecule has 0 saturated heterocycles. The van der Waals surface area contributed by atoms with E-state index in [0.717, 1.165) is 5.56 Å². The van der Waals surface area contributed by atoms with E-state index in [4.69, 9.17) is 4.74 Å². The summed E-state index contributed by atoms with van der Waals surface area (Å²) in [5.41, 5.74) is 1.22. The van der Waals surface area contributed by atoms with Gasteiger partial charge in [0.2, 0.25) is 0 Å². The smallest absolute Gasteiger partial charge is 0.273 e. The number of benzene rings is 1. The highest BCUT2D eigenvalue weighted by atomic mass is 16.6. The third kappa shape index (κ3) is 3.56. The predicted octanol–water partition coefficient (Wildman–Crippen LogP) is 1.12. The number of ether oxygens (including phenoxy) is 1. The number of carbonyl (C=O) groups excluding carboxylic acids is 1. The SMILES string of the molecule is CNC(=O)COc1cc(-c2cnn(C)c2)cc([N+](=O)[O-])c1. The van der Waals surface area contributed by atoms with Gasteiger partial charge in [-0.1, -0.05) is 0 Å². The summed E-state index contributed by atoms with van der Waals surface area (Å²) in [5.74, 6) is -0.0592. The summed E-state index contributed by atoms with van der Waals surface area (Å²) in [5, 5.41) is 17.4. The Bertz CT molecular complexity index is 681. The lowest BCUT2D eigenvalue weighted by molar-refractivity contribution is -0.384. The summed E-state index contributed by atoms with van der Waals surface area (Å²) in [4.78, 5) is 21.7. The average molecular weight is 290 g/mol. The predicted molar refractivity (Wildman–Crippen MR) is 74.9 cm³/mol. The first-order valence-corrected chi connectivity index (χ1v) is 6.11. The molecule has 1 amide bonds. The van der Waals surface area contributed by atoms with Crippen LogP contribution in [0.1, 0.15) is 0 Å². The molecule has 1 heterocycles. The van der Waals surface area contributed by atoms with E-state index in [1.54, 1.807) is 30.2 Å². The number of aryl methyl sites for hydroxylation is 1. The van der Waals surface area contributed by atoms with Gasteiger partial charge in [-0.3, -0.25) is 19.6 Å². The maximum Gasteiger partial charge on any atom is 0.273 e. The second kappa shape index (κ2) is 6.04. The molecule has 2 aromatic rings. The zero-order valence-corrected chi connectivity index (χ0v) is 11.6. The quantitative estimate of drug-likeness (QED) is 0.657. The van der Waals surface area contributed by atoms with E-state index in [9.17, 15) is 14.9 Å². The molecule has 0 aliphatic carbocycles. The molecule has 8 heteroatoms. The van der Waals surface area contributed by atoms with Crippen LogP contribution in [0.5, 0.6) is 5.75 Å². The van der Waals surface area contributed by atoms with Crippen molar-refractivity contribution in [2.75, 3.05) is 13.7 Å². The molecule has 8 nitrogen and oxygen atoms in total. The van der Waals surface area contributed by atoms with Crippen molar-refractivity contribution in [2.24, 2.45) is 7.05 Å². The van der Waals surface area contributed by atoms with Crippen LogP contribution in [0.4, 0.5) is 5.69 Å². The van der Waals surface area contributed by atoms with Crippen molar-refractivity contribution in [3.05, 3.63) is 40.7 Å². The van der Waals surface area contributed by atoms with E-state index in [1.165, 1.54) is 19.2 Å². The minimum Gasteiger partial charge on any atom is -0.483 e. The van der Waals surface area contributed by atoms with Crippen molar-refractivity contribution in [2.45, 2.75) is 0 Å². The third-order valence-corrected chi connectivity index (χ3v) is 2.79. The Hall–Kier alpha value is -2.90. The number of likely N-dealkylation sites (N-methyl/N-ethyl adjacent to an activating group) is 1. The third-order valence-electron chi connectivity index (χ3n) is 2.79. The van der Waals surface area contributed by atoms with Crippen LogP contribution in [0.3, 0.4) is 0 Å². The summed E-state index contributed by atoms with van der Waals surface area (Å²) in [6.07, 6.45) is 3.34. The Balaban J connectivity index is 2.34. The number of hydrogen-bond acceptors (Lipinski definition) is 5. The zero-order valence-electron chi connectivity index (χ0n) is 11.6. The molecular weight excluding hydrogens is 276 g/mol. The number of amides is 1. The topological polar surface area (TPSA) is 99.3 Å². The van der Waals surface area contributed by atoms with Crippen molar-refractivity contribution in [1.82, 2.24) is 15.1 Å². The number of hydrogen-bond donors (Lipinski definition) is 1. The van der Waals surface area contributed by atoms with Crippen molar-refractivity contribution in [3.8, 4) is 16.9 Å². The number of nitro benzene ring substituents is 1. The van der Waals surface area contributed by atoms with Gasteiger partial charge >= 0.3 is 0 Å². The fraction of sp³-hybridized carbons (Fsp3) is 0.231. The molecule has 110 valence electrons. The summed E-state index contributed by atoms with van der Waals surface area (Å²) in [6.45, 7) is -0.204. The van der Waals surface area contributed by atoms with Crippen LogP contribution < -0.4 is 10.1 Å². The molecule has 1 aromatic heterocycles. The van der Waals surface area contributed by atoms with Gasteiger partial charge in [-0.25, -0.2) is 0 Å². The van der Waals surface area contributed by atoms with Crippen molar-refractivity contribution in [3.63, 3.8) is 0 Å². The monoisotopic (exact) mass is 290 g/mol. The molecular formula is C13H14N4O4. The Morgan fingerprint density at radius 2 is 2.19 bits per heavy atom. The Labute approximate surface area is 120 Å². The summed E-state index contributed by atoms with van der Waals surface area (Å²) >= 11 is 0. The zero-order chi connectivity index (χ0) is 15.4. The number of non-ortho nitro benzene ring substituents is 1. The van der Waals surface area contributed by atoms with Gasteiger partial charge in [-0.2, -0.15) is 5.10 Å². The lowest BCUT2D eigenvalue weighted by Crippen LogP contribution is -2.24. The minimum atomic E-state index is -0.507. The first-order chi connectivity index (χ1) is 9.99. The fourth-order valence-corrected chi connectivity index (χ4v) is 1.73. The molecule has 0 saturated carbocycles. The number of nitrogens with zero attached hydrogens (tertiary/aromatic N) is 3. The van der Waals surface area contributed by atoms with Crippen LogP contribution in [0.25, 0.3) is 11.1 Å². The van der Waals surface area contributed by atoms with E-state index in [0.29, 0.717) is 5.56 Å². The molecule has 0 atom stereocenters. The number of carbonyl (C=O) groups is 1. The molecule has 0 radical (unpaired) electrons. The highest BCUT2D eigenvalue weighted by Gasteiger charge is 2.13. The molecule has 0 spiro atoms. The van der Waals surface area contributed by atoms with Crippen LogP contribution in [-0.2, 0) is 11.8 Å². The van der Waals surface area contributed by atoms with Gasteiger partial charge in [-0.05, 0) is 11.6 Å². The Morgan fingerprint density at radius 1 is 1.43 bits per heavy atom. The van der Waals surface area contributed by atoms with E-state index < -0.39 is 4.92 Å². The molecule has 1 aromatic carbocycles. The normalized spacial score (nSPS) is 10.2. The standard InChI is InChI=1S/C13H14N4O4/c1-14-13(18)8-21-12-4-9(3-11(5-12)17(19)20)10-6-15-16(2)7-10/h3-7H,8H2,1-2H3,(H,14,18). The number of aromatic nitrogens is 2. The van der Waals surface area contributed by atoms with Crippen molar-refractivity contribution < 1.29 is 14.5 Å². The van der Waals surface area contributed by atoms with Gasteiger partial charge in [0.25, 0.3) is 11.6 Å². The maximum absolute atomic E-state index is 11.2. The Kier molecular flexibility index (Phi) is 4.17. The minimum absolute atomic E-state index is 0.108. The van der Waals surface area contributed by atoms with Gasteiger partial charge in [0, 0.05) is 31.9 Å². The van der Waals surface area contributed by atoms with Crippen LogP contribution in [-0.4, -0.2) is 34.3 Å². The first kappa shape index (κ1) is 14.5. The lowest BCUT2D eigenvalue weighted by Gasteiger charge is -2.07. The summed E-state index contributed by atoms with van der Waals surface area (Å²) < 4.78 is 6.87. The lowest BCUT2D eigenvalue weighted by atomic mass is 10.1. The Morgan fingerprint density at radius 3 is 2.76 bits per heavy atom. The second-order valence-electron chi connectivity index (χ2n) is 4.34. The molecule has 0 fully saturated rings. The van der Waals surface area contributed by atoms with Gasteiger partial charge in [0.15, 0.2) is 6.61 Å². The summed E-state index contributed by atoms with van der Waals surface area (Å²) in [6, 6.07) is 4.35. The van der Waals surface area contributed by atoms with Crippen LogP contribution in [0.2, 0.25) is 0 Å². The van der Waals surface area contributed by atoms with Crippen molar-refractivity contribution >= 4 is 11.6 Å². The number of rotatable bonds is 5. The van der Waals surface area contributed by atoms with Gasteiger partial charge in [0.1, 0.15) is 5.75 Å². The van der Waals surface area contributed by atoms with Crippen LogP contribution in [0.15, 0.2) is 30.6 Å².